The fourth-order valence-corrected chi connectivity index (χ4v) is 7.16. The van der Waals surface area contributed by atoms with Crippen molar-refractivity contribution in [3.8, 4) is 0 Å². The predicted octanol–water partition coefficient (Wildman–Crippen LogP) is 4.07. The zero-order valence-electron chi connectivity index (χ0n) is 22.8. The van der Waals surface area contributed by atoms with E-state index in [4.69, 9.17) is 5.73 Å². The van der Waals surface area contributed by atoms with Gasteiger partial charge in [-0.05, 0) is 72.4 Å². The maximum atomic E-state index is 15.1. The molecule has 0 amide bonds. The van der Waals surface area contributed by atoms with Gasteiger partial charge in [-0.3, -0.25) is 4.79 Å². The van der Waals surface area contributed by atoms with Gasteiger partial charge in [0.15, 0.2) is 5.78 Å². The summed E-state index contributed by atoms with van der Waals surface area (Å²) in [5, 5.41) is 3.21. The number of ketones is 1. The second-order valence-electron chi connectivity index (χ2n) is 10.6. The van der Waals surface area contributed by atoms with Crippen molar-refractivity contribution in [3.05, 3.63) is 106 Å². The summed E-state index contributed by atoms with van der Waals surface area (Å²) in [5.74, 6) is -4.28. The maximum absolute atomic E-state index is 15.1. The van der Waals surface area contributed by atoms with Crippen LogP contribution in [-0.2, 0) is 27.7 Å². The summed E-state index contributed by atoms with van der Waals surface area (Å²) in [7, 11) is -3.50. The average molecular weight is 592 g/mol. The van der Waals surface area contributed by atoms with E-state index in [-0.39, 0.29) is 30.0 Å². The summed E-state index contributed by atoms with van der Waals surface area (Å²) in [5.41, 5.74) is 7.56. The molecule has 4 atom stereocenters. The van der Waals surface area contributed by atoms with Gasteiger partial charge in [0, 0.05) is 43.6 Å². The molecule has 3 aromatic rings. The van der Waals surface area contributed by atoms with Gasteiger partial charge >= 0.3 is 0 Å². The van der Waals surface area contributed by atoms with Crippen LogP contribution in [0.2, 0.25) is 0 Å². The fourth-order valence-electron chi connectivity index (χ4n) is 5.71. The highest BCUT2D eigenvalue weighted by Crippen LogP contribution is 2.31. The minimum Gasteiger partial charge on any atom is -0.321 e. The van der Waals surface area contributed by atoms with Gasteiger partial charge < -0.3 is 11.1 Å². The Kier molecular flexibility index (Phi) is 9.63. The molecule has 3 aromatic carbocycles. The van der Waals surface area contributed by atoms with Crippen LogP contribution in [0.1, 0.15) is 41.5 Å². The van der Waals surface area contributed by atoms with Crippen LogP contribution in [-0.4, -0.2) is 56.0 Å². The summed E-state index contributed by atoms with van der Waals surface area (Å²) in [6, 6.07) is 10.4. The molecule has 3 N–H and O–H groups in total. The van der Waals surface area contributed by atoms with Crippen molar-refractivity contribution in [1.29, 1.82) is 0 Å². The molecule has 0 aromatic heterocycles. The first kappa shape index (κ1) is 30.8. The van der Waals surface area contributed by atoms with Crippen LogP contribution in [0.5, 0.6) is 0 Å². The van der Waals surface area contributed by atoms with E-state index in [0.29, 0.717) is 36.7 Å². The summed E-state index contributed by atoms with van der Waals surface area (Å²) in [6.45, 7) is 2.72. The van der Waals surface area contributed by atoms with Gasteiger partial charge in [0.2, 0.25) is 10.0 Å². The molecular formula is C30H33F4N3O3S. The molecule has 41 heavy (non-hydrogen) atoms. The second-order valence-corrected chi connectivity index (χ2v) is 12.5. The molecule has 4 rings (SSSR count). The van der Waals surface area contributed by atoms with E-state index in [9.17, 15) is 26.4 Å². The van der Waals surface area contributed by atoms with Gasteiger partial charge in [0.05, 0.1) is 12.3 Å². The Bertz CT molecular complexity index is 1480. The van der Waals surface area contributed by atoms with Crippen molar-refractivity contribution in [1.82, 2.24) is 9.62 Å². The standard InChI is InChI=1S/C30H33F4N3O3S/c1-18-16-36-17-25(37(18)41(2,39)40)10-11-26-20(4-3-5-27(26)34)14-28(38)30(35)29(19-6-8-22(31)9-7-19)21-12-23(32)15-24(33)13-21/h3-9,12-13,15,18,25,29-30,36H,10-11,14,16-17,35H2,1-2H3/t18-,25-,29-,30+/m0/s1. The first-order chi connectivity index (χ1) is 19.3. The molecule has 1 fully saturated rings. The number of benzene rings is 3. The lowest BCUT2D eigenvalue weighted by Crippen LogP contribution is -2.58. The highest BCUT2D eigenvalue weighted by Gasteiger charge is 2.35. The number of sulfonamides is 1. The topological polar surface area (TPSA) is 92.5 Å². The molecule has 0 aliphatic carbocycles. The first-order valence-corrected chi connectivity index (χ1v) is 15.1. The van der Waals surface area contributed by atoms with E-state index in [1.165, 1.54) is 40.7 Å². The number of halogens is 4. The molecule has 1 heterocycles. The lowest BCUT2D eigenvalue weighted by molar-refractivity contribution is -0.119. The van der Waals surface area contributed by atoms with E-state index in [0.717, 1.165) is 18.4 Å². The summed E-state index contributed by atoms with van der Waals surface area (Å²) >= 11 is 0. The van der Waals surface area contributed by atoms with E-state index >= 15 is 4.39 Å². The zero-order chi connectivity index (χ0) is 29.9. The third-order valence-electron chi connectivity index (χ3n) is 7.51. The smallest absolute Gasteiger partial charge is 0.211 e. The van der Waals surface area contributed by atoms with Crippen molar-refractivity contribution in [2.75, 3.05) is 19.3 Å². The van der Waals surface area contributed by atoms with Gasteiger partial charge in [-0.25, -0.2) is 26.0 Å². The molecule has 0 bridgehead atoms. The molecule has 0 unspecified atom stereocenters. The highest BCUT2D eigenvalue weighted by molar-refractivity contribution is 7.88. The Labute approximate surface area is 237 Å². The normalized spacial score (nSPS) is 19.6. The molecule has 1 aliphatic rings. The molecule has 6 nitrogen and oxygen atoms in total. The van der Waals surface area contributed by atoms with Crippen molar-refractivity contribution in [2.45, 2.75) is 50.2 Å². The van der Waals surface area contributed by atoms with Crippen molar-refractivity contribution < 1.29 is 30.8 Å². The first-order valence-electron chi connectivity index (χ1n) is 13.3. The molecule has 0 radical (unpaired) electrons. The average Bonchev–Trinajstić information content (AvgIpc) is 2.88. The third kappa shape index (κ3) is 7.40. The minimum absolute atomic E-state index is 0.106. The predicted molar refractivity (Wildman–Crippen MR) is 149 cm³/mol. The number of carbonyl (C=O) groups is 1. The van der Waals surface area contributed by atoms with Crippen LogP contribution in [0.3, 0.4) is 0 Å². The molecule has 1 aliphatic heterocycles. The largest absolute Gasteiger partial charge is 0.321 e. The van der Waals surface area contributed by atoms with Crippen molar-refractivity contribution in [2.24, 2.45) is 5.73 Å². The fraction of sp³-hybridized carbons (Fsp3) is 0.367. The quantitative estimate of drug-likeness (QED) is 0.347. The van der Waals surface area contributed by atoms with Crippen molar-refractivity contribution >= 4 is 15.8 Å². The Morgan fingerprint density at radius 1 is 0.976 bits per heavy atom. The van der Waals surface area contributed by atoms with Crippen LogP contribution in [0.4, 0.5) is 17.6 Å². The lowest BCUT2D eigenvalue weighted by atomic mass is 9.82. The van der Waals surface area contributed by atoms with E-state index in [1.807, 2.05) is 0 Å². The number of rotatable bonds is 10. The van der Waals surface area contributed by atoms with Gasteiger partial charge in [-0.15, -0.1) is 0 Å². The number of nitrogens with one attached hydrogen (secondary N) is 1. The minimum atomic E-state index is -3.50. The van der Waals surface area contributed by atoms with E-state index in [1.54, 1.807) is 13.0 Å². The zero-order valence-corrected chi connectivity index (χ0v) is 23.6. The van der Waals surface area contributed by atoms with Crippen molar-refractivity contribution in [3.63, 3.8) is 0 Å². The SMILES string of the molecule is C[C@H]1CNC[C@H](CCc2c(F)cccc2CC(=O)[C@@H](N)[C@@H](c2ccc(F)cc2)c2cc(F)cc(F)c2)N1S(C)(=O)=O. The molecule has 0 spiro atoms. The molecule has 11 heteroatoms. The Morgan fingerprint density at radius 2 is 1.63 bits per heavy atom. The number of nitrogens with zero attached hydrogens (tertiary/aromatic N) is 1. The third-order valence-corrected chi connectivity index (χ3v) is 8.93. The van der Waals surface area contributed by atoms with Gasteiger partial charge in [-0.1, -0.05) is 24.3 Å². The van der Waals surface area contributed by atoms with Crippen LogP contribution in [0.25, 0.3) is 0 Å². The van der Waals surface area contributed by atoms with Gasteiger partial charge in [-0.2, -0.15) is 4.31 Å². The highest BCUT2D eigenvalue weighted by atomic mass is 32.2. The van der Waals surface area contributed by atoms with Gasteiger partial charge in [0.1, 0.15) is 23.3 Å². The van der Waals surface area contributed by atoms with Gasteiger partial charge in [0.25, 0.3) is 0 Å². The molecule has 1 saturated heterocycles. The van der Waals surface area contributed by atoms with E-state index in [2.05, 4.69) is 5.32 Å². The maximum Gasteiger partial charge on any atom is 0.211 e. The number of hydrogen-bond donors (Lipinski definition) is 2. The number of nitrogens with two attached hydrogens (primary N) is 1. The van der Waals surface area contributed by atoms with Crippen LogP contribution in [0.15, 0.2) is 60.7 Å². The summed E-state index contributed by atoms with van der Waals surface area (Å²) < 4.78 is 83.3. The summed E-state index contributed by atoms with van der Waals surface area (Å²) in [4.78, 5) is 13.5. The molecule has 0 saturated carbocycles. The Hall–Kier alpha value is -3.12. The number of Topliss-reactive ketones (excluding diaryl/α,β-unsaturated/α-hetero) is 1. The molecule has 220 valence electrons. The monoisotopic (exact) mass is 591 g/mol. The molecular weight excluding hydrogens is 558 g/mol. The second kappa shape index (κ2) is 12.8. The lowest BCUT2D eigenvalue weighted by Gasteiger charge is -2.39. The van der Waals surface area contributed by atoms with Crippen LogP contribution in [0, 0.1) is 23.3 Å². The van der Waals surface area contributed by atoms with Crippen LogP contribution < -0.4 is 11.1 Å². The number of hydrogen-bond acceptors (Lipinski definition) is 5. The number of piperazine rings is 1. The Morgan fingerprint density at radius 3 is 2.27 bits per heavy atom. The summed E-state index contributed by atoms with van der Waals surface area (Å²) in [6.07, 6.45) is 1.38. The Balaban J connectivity index is 1.60. The number of carbonyl (C=O) groups excluding carboxylic acids is 1. The van der Waals surface area contributed by atoms with E-state index < -0.39 is 57.1 Å². The van der Waals surface area contributed by atoms with Crippen LogP contribution >= 0.6 is 0 Å².